The molecule has 0 radical (unpaired) electrons. The third-order valence-corrected chi connectivity index (χ3v) is 4.75. The maximum absolute atomic E-state index is 13.4. The normalized spacial score (nSPS) is 11.5. The van der Waals surface area contributed by atoms with Gasteiger partial charge in [0.25, 0.3) is 0 Å². The van der Waals surface area contributed by atoms with Gasteiger partial charge in [-0.1, -0.05) is 36.4 Å². The Morgan fingerprint density at radius 2 is 1.75 bits per heavy atom. The predicted octanol–water partition coefficient (Wildman–Crippen LogP) is 4.09. The first kappa shape index (κ1) is 19.4. The molecule has 28 heavy (non-hydrogen) atoms. The first-order valence-electron chi connectivity index (χ1n) is 9.07. The van der Waals surface area contributed by atoms with E-state index in [9.17, 15) is 4.79 Å². The summed E-state index contributed by atoms with van der Waals surface area (Å²) in [7, 11) is 4.95. The maximum Gasteiger partial charge on any atom is 0.234 e. The standard InChI is InChI=1S/C23H24N2O3/c1-25(19-11-12-21(27-2)22(15-19)28-3)23(26)20(18-9-5-4-6-10-18)14-17-8-7-13-24-16-17/h4-13,15-16,20H,14H2,1-3H3. The number of pyridine rings is 1. The number of rotatable bonds is 7. The summed E-state index contributed by atoms with van der Waals surface area (Å²) in [5.74, 6) is 0.899. The van der Waals surface area contributed by atoms with Crippen LogP contribution in [0, 0.1) is 0 Å². The number of amides is 1. The topological polar surface area (TPSA) is 51.7 Å². The Balaban J connectivity index is 1.92. The molecule has 1 unspecified atom stereocenters. The van der Waals surface area contributed by atoms with Gasteiger partial charge in [0.2, 0.25) is 5.91 Å². The summed E-state index contributed by atoms with van der Waals surface area (Å²) in [6.45, 7) is 0. The predicted molar refractivity (Wildman–Crippen MR) is 110 cm³/mol. The fourth-order valence-corrected chi connectivity index (χ4v) is 3.18. The summed E-state index contributed by atoms with van der Waals surface area (Å²) < 4.78 is 10.7. The summed E-state index contributed by atoms with van der Waals surface area (Å²) in [4.78, 5) is 19.3. The molecule has 5 heteroatoms. The molecule has 0 bridgehead atoms. The van der Waals surface area contributed by atoms with E-state index in [2.05, 4.69) is 4.98 Å². The van der Waals surface area contributed by atoms with Gasteiger partial charge in [-0.05, 0) is 35.7 Å². The number of ether oxygens (including phenoxy) is 2. The van der Waals surface area contributed by atoms with Crippen LogP contribution < -0.4 is 14.4 Å². The molecule has 1 aromatic heterocycles. The van der Waals surface area contributed by atoms with E-state index in [0.29, 0.717) is 17.9 Å². The minimum Gasteiger partial charge on any atom is -0.493 e. The summed E-state index contributed by atoms with van der Waals surface area (Å²) in [5.41, 5.74) is 2.74. The minimum atomic E-state index is -0.316. The van der Waals surface area contributed by atoms with Gasteiger partial charge in [-0.25, -0.2) is 0 Å². The molecule has 0 spiro atoms. The lowest BCUT2D eigenvalue weighted by Gasteiger charge is -2.25. The molecule has 1 heterocycles. The first-order valence-corrected chi connectivity index (χ1v) is 9.07. The van der Waals surface area contributed by atoms with Gasteiger partial charge in [0.05, 0.1) is 20.1 Å². The number of hydrogen-bond donors (Lipinski definition) is 0. The molecule has 0 aliphatic heterocycles. The van der Waals surface area contributed by atoms with Gasteiger partial charge in [-0.2, -0.15) is 0 Å². The smallest absolute Gasteiger partial charge is 0.234 e. The summed E-state index contributed by atoms with van der Waals surface area (Å²) in [6, 6.07) is 19.2. The molecule has 3 rings (SSSR count). The quantitative estimate of drug-likeness (QED) is 0.623. The third-order valence-electron chi connectivity index (χ3n) is 4.75. The lowest BCUT2D eigenvalue weighted by molar-refractivity contribution is -0.119. The fraction of sp³-hybridized carbons (Fsp3) is 0.217. The van der Waals surface area contributed by atoms with E-state index in [-0.39, 0.29) is 11.8 Å². The van der Waals surface area contributed by atoms with E-state index in [1.807, 2.05) is 54.6 Å². The van der Waals surface area contributed by atoms with E-state index in [1.54, 1.807) is 44.6 Å². The van der Waals surface area contributed by atoms with Crippen LogP contribution in [0.1, 0.15) is 17.0 Å². The zero-order valence-electron chi connectivity index (χ0n) is 16.3. The molecule has 144 valence electrons. The monoisotopic (exact) mass is 376 g/mol. The number of benzene rings is 2. The van der Waals surface area contributed by atoms with Crippen molar-refractivity contribution >= 4 is 11.6 Å². The SMILES string of the molecule is COc1ccc(N(C)C(=O)C(Cc2cccnc2)c2ccccc2)cc1OC. The van der Waals surface area contributed by atoms with Crippen molar-refractivity contribution in [1.29, 1.82) is 0 Å². The van der Waals surface area contributed by atoms with E-state index in [1.165, 1.54) is 0 Å². The van der Waals surface area contributed by atoms with Gasteiger partial charge in [0, 0.05) is 31.2 Å². The number of hydrogen-bond acceptors (Lipinski definition) is 4. The second-order valence-corrected chi connectivity index (χ2v) is 6.47. The Morgan fingerprint density at radius 1 is 1.00 bits per heavy atom. The minimum absolute atomic E-state index is 0.00210. The van der Waals surface area contributed by atoms with Gasteiger partial charge in [0.1, 0.15) is 0 Å². The molecule has 1 amide bonds. The van der Waals surface area contributed by atoms with Gasteiger partial charge in [-0.15, -0.1) is 0 Å². The van der Waals surface area contributed by atoms with Crippen LogP contribution in [0.15, 0.2) is 73.1 Å². The van der Waals surface area contributed by atoms with Crippen LogP contribution in [-0.2, 0) is 11.2 Å². The molecule has 0 N–H and O–H groups in total. The highest BCUT2D eigenvalue weighted by Gasteiger charge is 2.25. The van der Waals surface area contributed by atoms with Crippen molar-refractivity contribution < 1.29 is 14.3 Å². The lowest BCUT2D eigenvalue weighted by Crippen LogP contribution is -2.32. The van der Waals surface area contributed by atoms with Gasteiger partial charge >= 0.3 is 0 Å². The van der Waals surface area contributed by atoms with Crippen LogP contribution in [0.4, 0.5) is 5.69 Å². The Bertz CT molecular complexity index is 914. The third kappa shape index (κ3) is 4.31. The maximum atomic E-state index is 13.4. The number of nitrogens with zero attached hydrogens (tertiary/aromatic N) is 2. The summed E-state index contributed by atoms with van der Waals surface area (Å²) >= 11 is 0. The Labute approximate surface area is 165 Å². The van der Waals surface area contributed by atoms with Crippen LogP contribution in [-0.4, -0.2) is 32.2 Å². The van der Waals surface area contributed by atoms with Crippen LogP contribution in [0.3, 0.4) is 0 Å². The van der Waals surface area contributed by atoms with Gasteiger partial charge in [-0.3, -0.25) is 9.78 Å². The van der Waals surface area contributed by atoms with Crippen molar-refractivity contribution in [2.24, 2.45) is 0 Å². The van der Waals surface area contributed by atoms with Crippen LogP contribution in [0.2, 0.25) is 0 Å². The highest BCUT2D eigenvalue weighted by atomic mass is 16.5. The molecule has 5 nitrogen and oxygen atoms in total. The Hall–Kier alpha value is -3.34. The molecule has 0 saturated carbocycles. The summed E-state index contributed by atoms with van der Waals surface area (Å²) in [6.07, 6.45) is 4.12. The van der Waals surface area contributed by atoms with E-state index >= 15 is 0 Å². The molecule has 0 saturated heterocycles. The largest absolute Gasteiger partial charge is 0.493 e. The molecule has 0 fully saturated rings. The van der Waals surface area contributed by atoms with Gasteiger partial charge in [0.15, 0.2) is 11.5 Å². The highest BCUT2D eigenvalue weighted by molar-refractivity contribution is 5.98. The van der Waals surface area contributed by atoms with Crippen molar-refractivity contribution in [2.75, 3.05) is 26.2 Å². The highest BCUT2D eigenvalue weighted by Crippen LogP contribution is 2.33. The van der Waals surface area contributed by atoms with E-state index in [0.717, 1.165) is 16.8 Å². The number of aromatic nitrogens is 1. The number of likely N-dealkylation sites (N-methyl/N-ethyl adjacent to an activating group) is 1. The van der Waals surface area contributed by atoms with Gasteiger partial charge < -0.3 is 14.4 Å². The number of methoxy groups -OCH3 is 2. The van der Waals surface area contributed by atoms with Crippen molar-refractivity contribution in [1.82, 2.24) is 4.98 Å². The second kappa shape index (κ2) is 9.04. The van der Waals surface area contributed by atoms with Crippen molar-refractivity contribution in [3.05, 3.63) is 84.2 Å². The number of carbonyl (C=O) groups excluding carboxylic acids is 1. The average Bonchev–Trinajstić information content (AvgIpc) is 2.77. The number of anilines is 1. The number of carbonyl (C=O) groups is 1. The second-order valence-electron chi connectivity index (χ2n) is 6.47. The van der Waals surface area contributed by atoms with Crippen molar-refractivity contribution in [2.45, 2.75) is 12.3 Å². The molecule has 0 aliphatic rings. The zero-order valence-corrected chi connectivity index (χ0v) is 16.3. The van der Waals surface area contributed by atoms with Crippen LogP contribution in [0.25, 0.3) is 0 Å². The molecule has 1 atom stereocenters. The van der Waals surface area contributed by atoms with Crippen molar-refractivity contribution in [3.63, 3.8) is 0 Å². The molecular formula is C23H24N2O3. The Morgan fingerprint density at radius 3 is 2.39 bits per heavy atom. The molecule has 2 aromatic carbocycles. The first-order chi connectivity index (χ1) is 13.6. The van der Waals surface area contributed by atoms with E-state index in [4.69, 9.17) is 9.47 Å². The Kier molecular flexibility index (Phi) is 6.27. The van der Waals surface area contributed by atoms with Crippen LogP contribution >= 0.6 is 0 Å². The summed E-state index contributed by atoms with van der Waals surface area (Å²) in [5, 5.41) is 0. The fourth-order valence-electron chi connectivity index (χ4n) is 3.18. The van der Waals surface area contributed by atoms with E-state index < -0.39 is 0 Å². The molecule has 3 aromatic rings. The zero-order chi connectivity index (χ0) is 19.9. The average molecular weight is 376 g/mol. The molecule has 0 aliphatic carbocycles. The molecular weight excluding hydrogens is 352 g/mol. The van der Waals surface area contributed by atoms with Crippen LogP contribution in [0.5, 0.6) is 11.5 Å². The van der Waals surface area contributed by atoms with Crippen molar-refractivity contribution in [3.8, 4) is 11.5 Å². The lowest BCUT2D eigenvalue weighted by atomic mass is 9.91.